The summed E-state index contributed by atoms with van der Waals surface area (Å²) < 4.78 is 0. The van der Waals surface area contributed by atoms with Crippen LogP contribution in [0.3, 0.4) is 0 Å². The first-order chi connectivity index (χ1) is 4.91. The van der Waals surface area contributed by atoms with Crippen LogP contribution in [0.5, 0.6) is 0 Å². The van der Waals surface area contributed by atoms with E-state index < -0.39 is 0 Å². The molecule has 1 unspecified atom stereocenters. The molecule has 0 heterocycles. The SMILES string of the molecule is C=CC(C)=O.CC(C)C(C)O. The highest BCUT2D eigenvalue weighted by Crippen LogP contribution is 1.96. The predicted molar refractivity (Wildman–Crippen MR) is 47.4 cm³/mol. The molecule has 0 aliphatic carbocycles. The fourth-order valence-corrected chi connectivity index (χ4v) is 0. The van der Waals surface area contributed by atoms with E-state index in [4.69, 9.17) is 5.11 Å². The van der Waals surface area contributed by atoms with E-state index in [9.17, 15) is 4.79 Å². The lowest BCUT2D eigenvalue weighted by atomic mass is 10.1. The molecular weight excluding hydrogens is 140 g/mol. The summed E-state index contributed by atoms with van der Waals surface area (Å²) in [5.41, 5.74) is 0. The molecule has 11 heavy (non-hydrogen) atoms. The van der Waals surface area contributed by atoms with Crippen LogP contribution in [-0.2, 0) is 4.79 Å². The Morgan fingerprint density at radius 1 is 1.45 bits per heavy atom. The molecule has 0 aromatic rings. The number of carbonyl (C=O) groups is 1. The highest BCUT2D eigenvalue weighted by atomic mass is 16.3. The molecule has 0 fully saturated rings. The zero-order valence-corrected chi connectivity index (χ0v) is 7.79. The van der Waals surface area contributed by atoms with Gasteiger partial charge >= 0.3 is 0 Å². The fourth-order valence-electron chi connectivity index (χ4n) is 0. The molecule has 66 valence electrons. The summed E-state index contributed by atoms with van der Waals surface area (Å²) >= 11 is 0. The zero-order valence-electron chi connectivity index (χ0n) is 7.79. The first-order valence-corrected chi connectivity index (χ1v) is 3.72. The van der Waals surface area contributed by atoms with Crippen molar-refractivity contribution in [3.63, 3.8) is 0 Å². The van der Waals surface area contributed by atoms with Crippen molar-refractivity contribution in [2.75, 3.05) is 0 Å². The first-order valence-electron chi connectivity index (χ1n) is 3.72. The van der Waals surface area contributed by atoms with E-state index in [2.05, 4.69) is 6.58 Å². The molecule has 0 saturated heterocycles. The molecular formula is C9H18O2. The standard InChI is InChI=1S/C5H12O.C4H6O/c1-4(2)5(3)6;1-3-4(2)5/h4-6H,1-3H3;3H,1H2,2H3. The highest BCUT2D eigenvalue weighted by Gasteiger charge is 1.97. The van der Waals surface area contributed by atoms with Gasteiger partial charge in [0, 0.05) is 0 Å². The van der Waals surface area contributed by atoms with Gasteiger partial charge in [0.1, 0.15) is 0 Å². The van der Waals surface area contributed by atoms with Gasteiger partial charge in [-0.1, -0.05) is 20.4 Å². The Morgan fingerprint density at radius 3 is 1.64 bits per heavy atom. The molecule has 2 heteroatoms. The van der Waals surface area contributed by atoms with Gasteiger partial charge < -0.3 is 5.11 Å². The maximum absolute atomic E-state index is 9.69. The van der Waals surface area contributed by atoms with E-state index in [1.165, 1.54) is 13.0 Å². The van der Waals surface area contributed by atoms with Gasteiger partial charge in [-0.05, 0) is 25.8 Å². The molecule has 0 aliphatic heterocycles. The second-order valence-corrected chi connectivity index (χ2v) is 2.80. The highest BCUT2D eigenvalue weighted by molar-refractivity contribution is 5.86. The average molecular weight is 158 g/mol. The minimum absolute atomic E-state index is 0.0185. The van der Waals surface area contributed by atoms with Gasteiger partial charge in [-0.15, -0.1) is 0 Å². The second-order valence-electron chi connectivity index (χ2n) is 2.80. The van der Waals surface area contributed by atoms with Crippen molar-refractivity contribution in [2.24, 2.45) is 5.92 Å². The van der Waals surface area contributed by atoms with E-state index in [-0.39, 0.29) is 11.9 Å². The van der Waals surface area contributed by atoms with Crippen molar-refractivity contribution in [2.45, 2.75) is 33.8 Å². The Morgan fingerprint density at radius 2 is 1.64 bits per heavy atom. The largest absolute Gasteiger partial charge is 0.393 e. The monoisotopic (exact) mass is 158 g/mol. The zero-order chi connectivity index (χ0) is 9.44. The lowest BCUT2D eigenvalue weighted by Crippen LogP contribution is -2.07. The number of aliphatic hydroxyl groups is 1. The number of hydrogen-bond donors (Lipinski definition) is 1. The average Bonchev–Trinajstić information content (AvgIpc) is 1.89. The van der Waals surface area contributed by atoms with Crippen LogP contribution < -0.4 is 0 Å². The Hall–Kier alpha value is -0.630. The summed E-state index contributed by atoms with van der Waals surface area (Å²) in [5.74, 6) is 0.426. The molecule has 1 N–H and O–H groups in total. The van der Waals surface area contributed by atoms with Gasteiger partial charge in [-0.2, -0.15) is 0 Å². The minimum Gasteiger partial charge on any atom is -0.393 e. The number of ketones is 1. The molecule has 0 radical (unpaired) electrons. The Kier molecular flexibility index (Phi) is 8.83. The van der Waals surface area contributed by atoms with Crippen molar-refractivity contribution < 1.29 is 9.90 Å². The molecule has 0 aromatic carbocycles. The summed E-state index contributed by atoms with van der Waals surface area (Å²) in [6.45, 7) is 10.5. The lowest BCUT2D eigenvalue weighted by molar-refractivity contribution is -0.112. The van der Waals surface area contributed by atoms with Crippen molar-refractivity contribution >= 4 is 5.78 Å². The summed E-state index contributed by atoms with van der Waals surface area (Å²) in [5, 5.41) is 8.63. The lowest BCUT2D eigenvalue weighted by Gasteiger charge is -2.04. The van der Waals surface area contributed by atoms with E-state index >= 15 is 0 Å². The number of rotatable bonds is 2. The number of allylic oxidation sites excluding steroid dienone is 1. The van der Waals surface area contributed by atoms with Gasteiger partial charge in [0.05, 0.1) is 6.10 Å². The van der Waals surface area contributed by atoms with E-state index in [1.807, 2.05) is 13.8 Å². The number of carbonyl (C=O) groups excluding carboxylic acids is 1. The van der Waals surface area contributed by atoms with Crippen molar-refractivity contribution in [1.29, 1.82) is 0 Å². The Bertz CT molecular complexity index is 109. The topological polar surface area (TPSA) is 37.3 Å². The van der Waals surface area contributed by atoms with Crippen LogP contribution in [-0.4, -0.2) is 17.0 Å². The van der Waals surface area contributed by atoms with Gasteiger partial charge in [-0.25, -0.2) is 0 Å². The Labute approximate surface area is 68.9 Å². The maximum Gasteiger partial charge on any atom is 0.152 e. The van der Waals surface area contributed by atoms with Crippen molar-refractivity contribution in [1.82, 2.24) is 0 Å². The van der Waals surface area contributed by atoms with Crippen molar-refractivity contribution in [3.8, 4) is 0 Å². The Balaban J connectivity index is 0. The third kappa shape index (κ3) is 17.6. The third-order valence-corrected chi connectivity index (χ3v) is 1.25. The molecule has 0 aliphatic rings. The van der Waals surface area contributed by atoms with Gasteiger partial charge in [0.25, 0.3) is 0 Å². The van der Waals surface area contributed by atoms with Crippen LogP contribution in [0.25, 0.3) is 0 Å². The van der Waals surface area contributed by atoms with Crippen molar-refractivity contribution in [3.05, 3.63) is 12.7 Å². The van der Waals surface area contributed by atoms with E-state index in [0.717, 1.165) is 0 Å². The summed E-state index contributed by atoms with van der Waals surface area (Å²) in [6, 6.07) is 0. The first kappa shape index (κ1) is 13.0. The molecule has 2 nitrogen and oxygen atoms in total. The molecule has 0 bridgehead atoms. The smallest absolute Gasteiger partial charge is 0.152 e. The van der Waals surface area contributed by atoms with E-state index in [0.29, 0.717) is 5.92 Å². The van der Waals surface area contributed by atoms with Gasteiger partial charge in [0.2, 0.25) is 0 Å². The molecule has 0 rings (SSSR count). The quantitative estimate of drug-likeness (QED) is 0.622. The van der Waals surface area contributed by atoms with Crippen LogP contribution in [0.1, 0.15) is 27.7 Å². The maximum atomic E-state index is 9.69. The van der Waals surface area contributed by atoms with Crippen LogP contribution in [0.2, 0.25) is 0 Å². The fraction of sp³-hybridized carbons (Fsp3) is 0.667. The molecule has 0 amide bonds. The summed E-state index contributed by atoms with van der Waals surface area (Å²) in [7, 11) is 0. The summed E-state index contributed by atoms with van der Waals surface area (Å²) in [4.78, 5) is 9.69. The normalized spacial score (nSPS) is 11.5. The molecule has 0 saturated carbocycles. The molecule has 0 spiro atoms. The number of hydrogen-bond acceptors (Lipinski definition) is 2. The van der Waals surface area contributed by atoms with Crippen LogP contribution >= 0.6 is 0 Å². The van der Waals surface area contributed by atoms with Gasteiger partial charge in [-0.3, -0.25) is 4.79 Å². The minimum atomic E-state index is -0.148. The second kappa shape index (κ2) is 7.48. The van der Waals surface area contributed by atoms with Crippen LogP contribution in [0.15, 0.2) is 12.7 Å². The third-order valence-electron chi connectivity index (χ3n) is 1.25. The summed E-state index contributed by atoms with van der Waals surface area (Å²) in [6.07, 6.45) is 1.13. The van der Waals surface area contributed by atoms with Crippen LogP contribution in [0.4, 0.5) is 0 Å². The number of aliphatic hydroxyl groups excluding tert-OH is 1. The molecule has 1 atom stereocenters. The molecule has 0 aromatic heterocycles. The predicted octanol–water partition coefficient (Wildman–Crippen LogP) is 1.78. The van der Waals surface area contributed by atoms with Gasteiger partial charge in [0.15, 0.2) is 5.78 Å². The van der Waals surface area contributed by atoms with E-state index in [1.54, 1.807) is 6.92 Å². The van der Waals surface area contributed by atoms with Crippen LogP contribution in [0, 0.1) is 5.92 Å².